The average molecular weight is 211 g/mol. The van der Waals surface area contributed by atoms with Crippen LogP contribution in [0.25, 0.3) is 22.5 Å². The molecule has 77 valence electrons. The molecule has 0 spiro atoms. The maximum Gasteiger partial charge on any atom is 0.137 e. The first-order valence-corrected chi connectivity index (χ1v) is 4.98. The van der Waals surface area contributed by atoms with Crippen LogP contribution in [-0.2, 0) is 0 Å². The molecule has 0 bridgehead atoms. The molecule has 3 rings (SSSR count). The van der Waals surface area contributed by atoms with Crippen LogP contribution in [0.1, 0.15) is 0 Å². The van der Waals surface area contributed by atoms with Crippen molar-refractivity contribution in [3.8, 4) is 22.5 Å². The maximum absolute atomic E-state index is 13.5. The van der Waals surface area contributed by atoms with Gasteiger partial charge in [0.1, 0.15) is 11.6 Å². The minimum atomic E-state index is -0.322. The lowest BCUT2D eigenvalue weighted by atomic mass is 10.1. The molecule has 1 aromatic rings. The second-order valence-electron chi connectivity index (χ2n) is 3.59. The smallest absolute Gasteiger partial charge is 0.137 e. The van der Waals surface area contributed by atoms with Gasteiger partial charge in [-0.3, -0.25) is 0 Å². The molecule has 1 radical (unpaired) electrons. The van der Waals surface area contributed by atoms with E-state index in [-0.39, 0.29) is 5.82 Å². The van der Waals surface area contributed by atoms with E-state index in [0.29, 0.717) is 11.3 Å². The summed E-state index contributed by atoms with van der Waals surface area (Å²) in [6.45, 7) is 0. The third kappa shape index (κ3) is 1.39. The predicted octanol–water partition coefficient (Wildman–Crippen LogP) is 3.99. The molecule has 0 fully saturated rings. The first-order chi connectivity index (χ1) is 7.84. The van der Waals surface area contributed by atoms with Gasteiger partial charge < -0.3 is 4.42 Å². The molecule has 0 saturated carbocycles. The van der Waals surface area contributed by atoms with Gasteiger partial charge in [-0.25, -0.2) is 4.39 Å². The Balaban J connectivity index is 2.20. The van der Waals surface area contributed by atoms with Gasteiger partial charge in [-0.2, -0.15) is 0 Å². The second kappa shape index (κ2) is 3.49. The van der Waals surface area contributed by atoms with E-state index in [4.69, 9.17) is 4.42 Å². The molecular weight excluding hydrogens is 203 g/mol. The van der Waals surface area contributed by atoms with Gasteiger partial charge in [0.15, 0.2) is 0 Å². The number of halogens is 1. The molecule has 16 heavy (non-hydrogen) atoms. The molecule has 1 aromatic carbocycles. The maximum atomic E-state index is 13.5. The lowest BCUT2D eigenvalue weighted by Gasteiger charge is -2.04. The number of hydrogen-bond donors (Lipinski definition) is 0. The molecule has 1 aliphatic heterocycles. The van der Waals surface area contributed by atoms with Crippen LogP contribution in [-0.4, -0.2) is 0 Å². The summed E-state index contributed by atoms with van der Waals surface area (Å²) in [6, 6.07) is 15.0. The summed E-state index contributed by atoms with van der Waals surface area (Å²) in [5.41, 5.74) is 2.53. The zero-order valence-corrected chi connectivity index (χ0v) is 8.41. The van der Waals surface area contributed by atoms with Crippen LogP contribution in [0.2, 0.25) is 0 Å². The zero-order valence-electron chi connectivity index (χ0n) is 8.41. The summed E-state index contributed by atoms with van der Waals surface area (Å²) in [5, 5.41) is 0. The van der Waals surface area contributed by atoms with Crippen molar-refractivity contribution in [1.29, 1.82) is 0 Å². The highest BCUT2D eigenvalue weighted by atomic mass is 19.1. The van der Waals surface area contributed by atoms with E-state index >= 15 is 0 Å². The van der Waals surface area contributed by atoms with Crippen molar-refractivity contribution in [3.63, 3.8) is 0 Å². The molecule has 1 heterocycles. The fourth-order valence-electron chi connectivity index (χ4n) is 1.74. The molecule has 0 N–H and O–H groups in total. The third-order valence-electron chi connectivity index (χ3n) is 2.56. The van der Waals surface area contributed by atoms with Crippen molar-refractivity contribution in [1.82, 2.24) is 0 Å². The van der Waals surface area contributed by atoms with Gasteiger partial charge in [0.2, 0.25) is 0 Å². The van der Waals surface area contributed by atoms with Crippen molar-refractivity contribution in [2.75, 3.05) is 0 Å². The average Bonchev–Trinajstić information content (AvgIpc) is 2.76. The first kappa shape index (κ1) is 9.16. The zero-order chi connectivity index (χ0) is 11.0. The molecule has 1 aliphatic carbocycles. The molecule has 0 atom stereocenters. The van der Waals surface area contributed by atoms with Crippen molar-refractivity contribution in [3.05, 3.63) is 60.6 Å². The summed E-state index contributed by atoms with van der Waals surface area (Å²) < 4.78 is 18.9. The van der Waals surface area contributed by atoms with E-state index in [1.54, 1.807) is 18.4 Å². The molecule has 1 nitrogen and oxygen atoms in total. The van der Waals surface area contributed by atoms with Crippen LogP contribution in [0, 0.1) is 11.9 Å². The minimum absolute atomic E-state index is 0.322. The molecule has 0 saturated heterocycles. The van der Waals surface area contributed by atoms with Crippen molar-refractivity contribution >= 4 is 0 Å². The summed E-state index contributed by atoms with van der Waals surface area (Å²) in [5.74, 6) is 0.211. The summed E-state index contributed by atoms with van der Waals surface area (Å²) >= 11 is 0. The van der Waals surface area contributed by atoms with Crippen molar-refractivity contribution < 1.29 is 8.81 Å². The van der Waals surface area contributed by atoms with Crippen LogP contribution < -0.4 is 0 Å². The van der Waals surface area contributed by atoms with Crippen molar-refractivity contribution in [2.24, 2.45) is 0 Å². The number of benzene rings is 1. The monoisotopic (exact) mass is 211 g/mol. The topological polar surface area (TPSA) is 13.1 Å². The largest absolute Gasteiger partial charge is 0.464 e. The Kier molecular flexibility index (Phi) is 2.00. The summed E-state index contributed by atoms with van der Waals surface area (Å²) in [4.78, 5) is 0. The molecule has 0 unspecified atom stereocenters. The molecule has 2 heteroatoms. The SMILES string of the molecule is Fc1c[c]ccc1-c1cc2cccc-2co1. The van der Waals surface area contributed by atoms with Gasteiger partial charge in [0.05, 0.1) is 11.8 Å². The Morgan fingerprint density at radius 3 is 2.88 bits per heavy atom. The third-order valence-corrected chi connectivity index (χ3v) is 2.56. The van der Waals surface area contributed by atoms with Crippen LogP contribution in [0.5, 0.6) is 0 Å². The standard InChI is InChI=1S/C14H8FO/c15-13-7-2-1-6-12(13)14-8-10-4-3-5-11(10)9-16-14/h1,3-9H. The Hall–Kier alpha value is -2.09. The molecule has 0 aromatic heterocycles. The Morgan fingerprint density at radius 1 is 1.12 bits per heavy atom. The number of fused-ring (bicyclic) bond motifs is 1. The van der Waals surface area contributed by atoms with Gasteiger partial charge in [0, 0.05) is 5.56 Å². The Labute approximate surface area is 92.5 Å². The number of rotatable bonds is 1. The van der Waals surface area contributed by atoms with E-state index in [1.165, 1.54) is 6.07 Å². The van der Waals surface area contributed by atoms with Gasteiger partial charge in [0.25, 0.3) is 0 Å². The van der Waals surface area contributed by atoms with E-state index < -0.39 is 0 Å². The molecular formula is C14H8FO. The van der Waals surface area contributed by atoms with Crippen LogP contribution >= 0.6 is 0 Å². The highest BCUT2D eigenvalue weighted by molar-refractivity contribution is 5.71. The van der Waals surface area contributed by atoms with Crippen LogP contribution in [0.15, 0.2) is 53.1 Å². The molecule has 0 amide bonds. The Bertz CT molecular complexity index is 597. The Morgan fingerprint density at radius 2 is 2.00 bits per heavy atom. The van der Waals surface area contributed by atoms with Gasteiger partial charge in [-0.1, -0.05) is 24.3 Å². The normalized spacial score (nSPS) is 10.8. The quantitative estimate of drug-likeness (QED) is 0.593. The van der Waals surface area contributed by atoms with Crippen molar-refractivity contribution in [2.45, 2.75) is 0 Å². The van der Waals surface area contributed by atoms with E-state index in [1.807, 2.05) is 24.3 Å². The lowest BCUT2D eigenvalue weighted by molar-refractivity contribution is 0.557. The fraction of sp³-hybridized carbons (Fsp3) is 0. The number of hydrogen-bond acceptors (Lipinski definition) is 1. The molecule has 2 aliphatic rings. The predicted molar refractivity (Wildman–Crippen MR) is 59.6 cm³/mol. The summed E-state index contributed by atoms with van der Waals surface area (Å²) in [7, 11) is 0. The van der Waals surface area contributed by atoms with Gasteiger partial charge in [-0.15, -0.1) is 0 Å². The van der Waals surface area contributed by atoms with E-state index in [0.717, 1.165) is 11.1 Å². The highest BCUT2D eigenvalue weighted by Crippen LogP contribution is 2.30. The van der Waals surface area contributed by atoms with E-state index in [9.17, 15) is 4.39 Å². The van der Waals surface area contributed by atoms with Crippen LogP contribution in [0.4, 0.5) is 4.39 Å². The van der Waals surface area contributed by atoms with Gasteiger partial charge >= 0.3 is 0 Å². The second-order valence-corrected chi connectivity index (χ2v) is 3.59. The summed E-state index contributed by atoms with van der Waals surface area (Å²) in [6.07, 6.45) is 1.64. The first-order valence-electron chi connectivity index (χ1n) is 4.98. The minimum Gasteiger partial charge on any atom is -0.464 e. The lowest BCUT2D eigenvalue weighted by Crippen LogP contribution is -1.84. The van der Waals surface area contributed by atoms with E-state index in [2.05, 4.69) is 6.07 Å². The highest BCUT2D eigenvalue weighted by Gasteiger charge is 2.09. The fourth-order valence-corrected chi connectivity index (χ4v) is 1.74. The van der Waals surface area contributed by atoms with Crippen LogP contribution in [0.3, 0.4) is 0 Å². The van der Waals surface area contributed by atoms with Gasteiger partial charge in [-0.05, 0) is 29.8 Å².